The summed E-state index contributed by atoms with van der Waals surface area (Å²) in [6.07, 6.45) is 6.50. The van der Waals surface area contributed by atoms with Crippen molar-refractivity contribution in [2.75, 3.05) is 23.7 Å². The second kappa shape index (κ2) is 9.92. The summed E-state index contributed by atoms with van der Waals surface area (Å²) < 4.78 is 19.3. The van der Waals surface area contributed by atoms with Gasteiger partial charge < -0.3 is 20.0 Å². The third kappa shape index (κ3) is 5.25. The fourth-order valence-corrected chi connectivity index (χ4v) is 4.84. The van der Waals surface area contributed by atoms with E-state index in [9.17, 15) is 9.18 Å². The highest BCUT2D eigenvalue weighted by Gasteiger charge is 2.25. The average molecular weight is 458 g/mol. The van der Waals surface area contributed by atoms with Crippen LogP contribution in [0, 0.1) is 5.82 Å². The van der Waals surface area contributed by atoms with Gasteiger partial charge in [0.15, 0.2) is 0 Å². The summed E-state index contributed by atoms with van der Waals surface area (Å²) in [4.78, 5) is 15.0. The minimum atomic E-state index is -0.507. The van der Waals surface area contributed by atoms with Gasteiger partial charge in [-0.15, -0.1) is 0 Å². The summed E-state index contributed by atoms with van der Waals surface area (Å²) in [5.74, 6) is -0.0627. The molecule has 2 aromatic carbocycles. The highest BCUT2D eigenvalue weighted by atomic mass is 35.5. The van der Waals surface area contributed by atoms with E-state index in [4.69, 9.17) is 16.0 Å². The van der Waals surface area contributed by atoms with Gasteiger partial charge in [-0.1, -0.05) is 24.9 Å². The number of rotatable bonds is 6. The number of nitrogens with one attached hydrogen (secondary N) is 2. The summed E-state index contributed by atoms with van der Waals surface area (Å²) in [5, 5.41) is 6.67. The molecular weight excluding hydrogens is 429 g/mol. The Hall–Kier alpha value is -2.57. The normalized spacial score (nSPS) is 16.2. The van der Waals surface area contributed by atoms with E-state index in [-0.39, 0.29) is 5.02 Å². The standard InChI is InChI=1S/C25H29ClFN3O2/c1-3-4-16(2)30-9-7-17(8-10-30)23-15-32-24-6-5-20(14-22(23)24)28-25(31)29-21-12-18(26)11-19(27)13-21/h5-6,11-17H,3-4,7-10H2,1-2H3,(H2,28,29,31). The van der Waals surface area contributed by atoms with Crippen LogP contribution in [0.2, 0.25) is 5.02 Å². The molecule has 32 heavy (non-hydrogen) atoms. The number of hydrogen-bond acceptors (Lipinski definition) is 3. The number of nitrogens with zero attached hydrogens (tertiary/aromatic N) is 1. The molecule has 7 heteroatoms. The van der Waals surface area contributed by atoms with Crippen LogP contribution in [0.15, 0.2) is 47.1 Å². The molecule has 5 nitrogen and oxygen atoms in total. The first-order valence-electron chi connectivity index (χ1n) is 11.2. The monoisotopic (exact) mass is 457 g/mol. The van der Waals surface area contributed by atoms with Gasteiger partial charge in [0, 0.05) is 33.4 Å². The molecule has 1 unspecified atom stereocenters. The zero-order valence-corrected chi connectivity index (χ0v) is 19.2. The predicted molar refractivity (Wildman–Crippen MR) is 128 cm³/mol. The van der Waals surface area contributed by atoms with Crippen LogP contribution >= 0.6 is 11.6 Å². The molecule has 3 aromatic rings. The van der Waals surface area contributed by atoms with Gasteiger partial charge >= 0.3 is 6.03 Å². The molecule has 1 atom stereocenters. The van der Waals surface area contributed by atoms with E-state index in [2.05, 4.69) is 29.4 Å². The number of carbonyl (C=O) groups excluding carboxylic acids is 1. The van der Waals surface area contributed by atoms with Crippen molar-refractivity contribution in [2.45, 2.75) is 51.5 Å². The van der Waals surface area contributed by atoms with E-state index < -0.39 is 11.8 Å². The van der Waals surface area contributed by atoms with E-state index >= 15 is 0 Å². The van der Waals surface area contributed by atoms with Gasteiger partial charge in [0.25, 0.3) is 0 Å². The third-order valence-corrected chi connectivity index (χ3v) is 6.50. The van der Waals surface area contributed by atoms with Gasteiger partial charge in [-0.2, -0.15) is 0 Å². The predicted octanol–water partition coefficient (Wildman–Crippen LogP) is 7.24. The van der Waals surface area contributed by atoms with E-state index in [0.29, 0.717) is 23.3 Å². The number of likely N-dealkylation sites (tertiary alicyclic amines) is 1. The van der Waals surface area contributed by atoms with Gasteiger partial charge in [-0.25, -0.2) is 9.18 Å². The lowest BCUT2D eigenvalue weighted by atomic mass is 9.88. The number of urea groups is 1. The smallest absolute Gasteiger partial charge is 0.323 e. The van der Waals surface area contributed by atoms with Crippen molar-refractivity contribution in [1.82, 2.24) is 4.90 Å². The van der Waals surface area contributed by atoms with Crippen LogP contribution in [-0.4, -0.2) is 30.1 Å². The first-order chi connectivity index (χ1) is 15.4. The maximum absolute atomic E-state index is 13.5. The lowest BCUT2D eigenvalue weighted by Crippen LogP contribution is -2.39. The molecule has 0 radical (unpaired) electrons. The van der Waals surface area contributed by atoms with Crippen LogP contribution in [0.3, 0.4) is 0 Å². The minimum Gasteiger partial charge on any atom is -0.464 e. The first-order valence-corrected chi connectivity index (χ1v) is 11.6. The molecule has 0 saturated carbocycles. The van der Waals surface area contributed by atoms with Gasteiger partial charge in [-0.05, 0) is 81.6 Å². The molecule has 0 aliphatic carbocycles. The zero-order valence-electron chi connectivity index (χ0n) is 18.5. The van der Waals surface area contributed by atoms with Crippen LogP contribution in [-0.2, 0) is 0 Å². The molecule has 1 aliphatic heterocycles. The SMILES string of the molecule is CCCC(C)N1CCC(c2coc3ccc(NC(=O)Nc4cc(F)cc(Cl)c4)cc23)CC1. The summed E-state index contributed by atoms with van der Waals surface area (Å²) in [5.41, 5.74) is 2.95. The fraction of sp³-hybridized carbons (Fsp3) is 0.400. The molecule has 1 fully saturated rings. The molecule has 2 heterocycles. The van der Waals surface area contributed by atoms with E-state index in [0.717, 1.165) is 36.9 Å². The highest BCUT2D eigenvalue weighted by Crippen LogP contribution is 2.36. The minimum absolute atomic E-state index is 0.222. The summed E-state index contributed by atoms with van der Waals surface area (Å²) >= 11 is 5.85. The van der Waals surface area contributed by atoms with Crippen molar-refractivity contribution in [1.29, 1.82) is 0 Å². The van der Waals surface area contributed by atoms with Gasteiger partial charge in [0.1, 0.15) is 11.4 Å². The Morgan fingerprint density at radius 2 is 1.94 bits per heavy atom. The number of halogens is 2. The molecule has 1 saturated heterocycles. The van der Waals surface area contributed by atoms with Crippen LogP contribution in [0.4, 0.5) is 20.6 Å². The summed E-state index contributed by atoms with van der Waals surface area (Å²) in [7, 11) is 0. The van der Waals surface area contributed by atoms with Gasteiger partial charge in [0.2, 0.25) is 0 Å². The number of piperidine rings is 1. The maximum Gasteiger partial charge on any atom is 0.323 e. The van der Waals surface area contributed by atoms with Crippen molar-refractivity contribution in [3.8, 4) is 0 Å². The van der Waals surface area contributed by atoms with Crippen molar-refractivity contribution < 1.29 is 13.6 Å². The van der Waals surface area contributed by atoms with E-state index in [1.54, 1.807) is 6.07 Å². The average Bonchev–Trinajstić information content (AvgIpc) is 3.16. The molecular formula is C25H29ClFN3O2. The Kier molecular flexibility index (Phi) is 7.01. The van der Waals surface area contributed by atoms with Gasteiger partial charge in [-0.3, -0.25) is 0 Å². The molecule has 1 aliphatic rings. The Morgan fingerprint density at radius 3 is 2.66 bits per heavy atom. The summed E-state index contributed by atoms with van der Waals surface area (Å²) in [6.45, 7) is 6.74. The van der Waals surface area contributed by atoms with Crippen LogP contribution in [0.5, 0.6) is 0 Å². The van der Waals surface area contributed by atoms with Crippen molar-refractivity contribution in [3.63, 3.8) is 0 Å². The Labute approximate surface area is 192 Å². The topological polar surface area (TPSA) is 57.5 Å². The van der Waals surface area contributed by atoms with Crippen molar-refractivity contribution in [2.24, 2.45) is 0 Å². The van der Waals surface area contributed by atoms with Crippen LogP contribution in [0.1, 0.15) is 51.0 Å². The number of anilines is 2. The van der Waals surface area contributed by atoms with Crippen molar-refractivity contribution >= 4 is 40.0 Å². The Balaban J connectivity index is 1.44. The fourth-order valence-electron chi connectivity index (χ4n) is 4.61. The van der Waals surface area contributed by atoms with E-state index in [1.807, 2.05) is 18.4 Å². The Morgan fingerprint density at radius 1 is 1.19 bits per heavy atom. The van der Waals surface area contributed by atoms with Crippen LogP contribution in [0.25, 0.3) is 11.0 Å². The number of furan rings is 1. The lowest BCUT2D eigenvalue weighted by Gasteiger charge is -2.36. The number of benzene rings is 2. The zero-order chi connectivity index (χ0) is 22.7. The Bertz CT molecular complexity index is 1070. The van der Waals surface area contributed by atoms with Gasteiger partial charge in [0.05, 0.1) is 6.26 Å². The molecule has 4 rings (SSSR count). The largest absolute Gasteiger partial charge is 0.464 e. The molecule has 2 N–H and O–H groups in total. The molecule has 0 spiro atoms. The van der Waals surface area contributed by atoms with E-state index in [1.165, 1.54) is 36.6 Å². The molecule has 1 aromatic heterocycles. The lowest BCUT2D eigenvalue weighted by molar-refractivity contribution is 0.154. The maximum atomic E-state index is 13.5. The molecule has 2 amide bonds. The third-order valence-electron chi connectivity index (χ3n) is 6.28. The number of hydrogen-bond donors (Lipinski definition) is 2. The first kappa shape index (κ1) is 22.6. The number of fused-ring (bicyclic) bond motifs is 1. The second-order valence-corrected chi connectivity index (χ2v) is 9.02. The van der Waals surface area contributed by atoms with Crippen LogP contribution < -0.4 is 10.6 Å². The highest BCUT2D eigenvalue weighted by molar-refractivity contribution is 6.31. The van der Waals surface area contributed by atoms with Crippen molar-refractivity contribution in [3.05, 3.63) is 59.1 Å². The molecule has 170 valence electrons. The quantitative estimate of drug-likeness (QED) is 0.410. The number of amides is 2. The summed E-state index contributed by atoms with van der Waals surface area (Å²) in [6, 6.07) is 9.67. The molecule has 0 bridgehead atoms. The number of carbonyl (C=O) groups is 1. The second-order valence-electron chi connectivity index (χ2n) is 8.59.